The van der Waals surface area contributed by atoms with E-state index in [1.54, 1.807) is 37.4 Å². The van der Waals surface area contributed by atoms with Crippen molar-refractivity contribution < 1.29 is 19.1 Å². The number of rotatable bonds is 14. The van der Waals surface area contributed by atoms with Crippen LogP contribution in [0, 0.1) is 13.8 Å². The first kappa shape index (κ1) is 33.2. The summed E-state index contributed by atoms with van der Waals surface area (Å²) in [5, 5.41) is 5.92. The number of anilines is 1. The van der Waals surface area contributed by atoms with Gasteiger partial charge in [0.2, 0.25) is 5.91 Å². The van der Waals surface area contributed by atoms with Gasteiger partial charge in [-0.05, 0) is 76.2 Å². The van der Waals surface area contributed by atoms with Gasteiger partial charge in [-0.2, -0.15) is 11.8 Å². The number of aryl methyl sites for hydroxylation is 2. The third-order valence-corrected chi connectivity index (χ3v) is 7.18. The Morgan fingerprint density at radius 3 is 2.17 bits per heavy atom. The van der Waals surface area contributed by atoms with Crippen molar-refractivity contribution in [1.82, 2.24) is 10.2 Å². The SMILES string of the molecule is CCCCCCN(C(=O)C(CCSC)NC(=O)OC(C)(C)C)C(C(=O)Nc1c(C)cccc1C)c1ccccc1. The fourth-order valence-electron chi connectivity index (χ4n) is 4.53. The van der Waals surface area contributed by atoms with Crippen LogP contribution in [0.4, 0.5) is 10.5 Å². The standard InChI is InChI=1S/C32H47N3O4S/c1-8-9-10-14-21-35(30(37)26(20-22-40-7)33-31(38)39-32(4,5)6)28(25-18-12-11-13-19-25)29(36)34-27-23(2)16-15-17-24(27)3/h11-13,15-19,26,28H,8-10,14,20-22H2,1-7H3,(H,33,38)(H,34,36). The molecule has 0 fully saturated rings. The number of hydrogen-bond acceptors (Lipinski definition) is 5. The third-order valence-electron chi connectivity index (χ3n) is 6.54. The van der Waals surface area contributed by atoms with Crippen LogP contribution in [0.3, 0.4) is 0 Å². The molecule has 0 saturated carbocycles. The molecule has 2 aromatic rings. The molecular weight excluding hydrogens is 522 g/mol. The molecular formula is C32H47N3O4S. The quantitative estimate of drug-likeness (QED) is 0.238. The number of thioether (sulfide) groups is 1. The number of amides is 3. The Kier molecular flexibility index (Phi) is 13.5. The number of nitrogens with one attached hydrogen (secondary N) is 2. The lowest BCUT2D eigenvalue weighted by molar-refractivity contribution is -0.141. The molecule has 0 bridgehead atoms. The predicted octanol–water partition coefficient (Wildman–Crippen LogP) is 7.04. The second-order valence-electron chi connectivity index (χ2n) is 11.1. The van der Waals surface area contributed by atoms with Crippen LogP contribution in [0.1, 0.15) is 82.5 Å². The van der Waals surface area contributed by atoms with Gasteiger partial charge in [-0.15, -0.1) is 0 Å². The van der Waals surface area contributed by atoms with E-state index in [1.165, 1.54) is 0 Å². The van der Waals surface area contributed by atoms with E-state index < -0.39 is 23.8 Å². The molecule has 0 spiro atoms. The van der Waals surface area contributed by atoms with Crippen molar-refractivity contribution in [2.24, 2.45) is 0 Å². The summed E-state index contributed by atoms with van der Waals surface area (Å²) in [5.41, 5.74) is 2.67. The van der Waals surface area contributed by atoms with Crippen LogP contribution in [0.5, 0.6) is 0 Å². The number of unbranched alkanes of at least 4 members (excludes halogenated alkanes) is 3. The van der Waals surface area contributed by atoms with Crippen LogP contribution >= 0.6 is 11.8 Å². The molecule has 2 rings (SSSR count). The van der Waals surface area contributed by atoms with E-state index >= 15 is 0 Å². The van der Waals surface area contributed by atoms with E-state index in [-0.39, 0.29) is 11.8 Å². The van der Waals surface area contributed by atoms with Crippen LogP contribution in [0.2, 0.25) is 0 Å². The number of benzene rings is 2. The zero-order valence-corrected chi connectivity index (χ0v) is 26.0. The lowest BCUT2D eigenvalue weighted by atomic mass is 10.0. The topological polar surface area (TPSA) is 87.7 Å². The smallest absolute Gasteiger partial charge is 0.408 e. The molecule has 0 radical (unpaired) electrons. The van der Waals surface area contributed by atoms with Gasteiger partial charge < -0.3 is 20.3 Å². The van der Waals surface area contributed by atoms with Crippen molar-refractivity contribution in [3.63, 3.8) is 0 Å². The van der Waals surface area contributed by atoms with E-state index in [0.717, 1.165) is 48.1 Å². The highest BCUT2D eigenvalue weighted by Crippen LogP contribution is 2.28. The van der Waals surface area contributed by atoms with E-state index in [4.69, 9.17) is 4.74 Å². The average Bonchev–Trinajstić information content (AvgIpc) is 2.89. The number of alkyl carbamates (subject to hydrolysis) is 1. The molecule has 3 amide bonds. The minimum atomic E-state index is -0.869. The summed E-state index contributed by atoms with van der Waals surface area (Å²) in [6.07, 6.45) is 5.52. The van der Waals surface area contributed by atoms with Gasteiger partial charge in [0.25, 0.3) is 5.91 Å². The van der Waals surface area contributed by atoms with Crippen molar-refractivity contribution >= 4 is 35.4 Å². The molecule has 0 aliphatic carbocycles. The maximum Gasteiger partial charge on any atom is 0.408 e. The Labute approximate surface area is 244 Å². The maximum absolute atomic E-state index is 14.3. The molecule has 0 aliphatic rings. The van der Waals surface area contributed by atoms with Gasteiger partial charge in [0.1, 0.15) is 17.7 Å². The number of ether oxygens (including phenoxy) is 1. The van der Waals surface area contributed by atoms with E-state index in [2.05, 4.69) is 17.6 Å². The zero-order chi connectivity index (χ0) is 29.7. The van der Waals surface area contributed by atoms with Gasteiger partial charge in [-0.1, -0.05) is 74.7 Å². The summed E-state index contributed by atoms with van der Waals surface area (Å²) in [5.74, 6) is 0.0933. The number of hydrogen-bond donors (Lipinski definition) is 2. The maximum atomic E-state index is 14.3. The number of carbonyl (C=O) groups excluding carboxylic acids is 3. The molecule has 7 nitrogen and oxygen atoms in total. The van der Waals surface area contributed by atoms with Gasteiger partial charge in [0.05, 0.1) is 0 Å². The normalized spacial score (nSPS) is 12.8. The van der Waals surface area contributed by atoms with Gasteiger partial charge in [-0.25, -0.2) is 4.79 Å². The molecule has 0 heterocycles. The van der Waals surface area contributed by atoms with Crippen LogP contribution in [0.15, 0.2) is 48.5 Å². The van der Waals surface area contributed by atoms with E-state index in [1.807, 2.05) is 68.6 Å². The predicted molar refractivity (Wildman–Crippen MR) is 166 cm³/mol. The molecule has 0 saturated heterocycles. The Balaban J connectivity index is 2.51. The van der Waals surface area contributed by atoms with Gasteiger partial charge >= 0.3 is 6.09 Å². The van der Waals surface area contributed by atoms with Crippen molar-refractivity contribution in [2.45, 2.75) is 91.3 Å². The summed E-state index contributed by atoms with van der Waals surface area (Å²) in [6, 6.07) is 13.6. The molecule has 2 unspecified atom stereocenters. The molecule has 220 valence electrons. The fraction of sp³-hybridized carbons (Fsp3) is 0.531. The van der Waals surface area contributed by atoms with Gasteiger partial charge in [0, 0.05) is 12.2 Å². The van der Waals surface area contributed by atoms with E-state index in [9.17, 15) is 14.4 Å². The van der Waals surface area contributed by atoms with Crippen molar-refractivity contribution in [3.8, 4) is 0 Å². The van der Waals surface area contributed by atoms with Crippen molar-refractivity contribution in [2.75, 3.05) is 23.9 Å². The molecule has 2 N–H and O–H groups in total. The molecule has 8 heteroatoms. The lowest BCUT2D eigenvalue weighted by Gasteiger charge is -2.35. The second kappa shape index (κ2) is 16.3. The fourth-order valence-corrected chi connectivity index (χ4v) is 5.00. The van der Waals surface area contributed by atoms with Crippen LogP contribution in [-0.2, 0) is 14.3 Å². The Morgan fingerprint density at radius 2 is 1.60 bits per heavy atom. The minimum Gasteiger partial charge on any atom is -0.444 e. The highest BCUT2D eigenvalue weighted by molar-refractivity contribution is 7.98. The Bertz CT molecular complexity index is 1080. The van der Waals surface area contributed by atoms with Crippen LogP contribution in [-0.4, -0.2) is 53.0 Å². The van der Waals surface area contributed by atoms with Crippen LogP contribution in [0.25, 0.3) is 0 Å². The van der Waals surface area contributed by atoms with Crippen molar-refractivity contribution in [3.05, 3.63) is 65.2 Å². The molecule has 2 atom stereocenters. The third kappa shape index (κ3) is 10.5. The van der Waals surface area contributed by atoms with Gasteiger partial charge in [0.15, 0.2) is 0 Å². The minimum absolute atomic E-state index is 0.284. The summed E-state index contributed by atoms with van der Waals surface area (Å²) in [4.78, 5) is 42.8. The summed E-state index contributed by atoms with van der Waals surface area (Å²) in [7, 11) is 0. The average molecular weight is 570 g/mol. The number of nitrogens with zero attached hydrogens (tertiary/aromatic N) is 1. The number of para-hydroxylation sites is 1. The summed E-state index contributed by atoms with van der Waals surface area (Å²) < 4.78 is 5.48. The first-order valence-electron chi connectivity index (χ1n) is 14.2. The molecule has 40 heavy (non-hydrogen) atoms. The van der Waals surface area contributed by atoms with E-state index in [0.29, 0.717) is 18.7 Å². The highest BCUT2D eigenvalue weighted by Gasteiger charge is 2.36. The Morgan fingerprint density at radius 1 is 0.950 bits per heavy atom. The van der Waals surface area contributed by atoms with Crippen molar-refractivity contribution in [1.29, 1.82) is 0 Å². The highest BCUT2D eigenvalue weighted by atomic mass is 32.2. The monoisotopic (exact) mass is 569 g/mol. The molecule has 0 aliphatic heterocycles. The summed E-state index contributed by atoms with van der Waals surface area (Å²) >= 11 is 1.60. The Hall–Kier alpha value is -3.00. The largest absolute Gasteiger partial charge is 0.444 e. The number of carbonyl (C=O) groups is 3. The molecule has 2 aromatic carbocycles. The summed E-state index contributed by atoms with van der Waals surface area (Å²) in [6.45, 7) is 11.8. The molecule has 0 aromatic heterocycles. The van der Waals surface area contributed by atoms with Gasteiger partial charge in [-0.3, -0.25) is 9.59 Å². The second-order valence-corrected chi connectivity index (χ2v) is 12.1. The first-order chi connectivity index (χ1) is 19.0. The van der Waals surface area contributed by atoms with Crippen LogP contribution < -0.4 is 10.6 Å². The zero-order valence-electron chi connectivity index (χ0n) is 25.2. The lowest BCUT2D eigenvalue weighted by Crippen LogP contribution is -2.52. The first-order valence-corrected chi connectivity index (χ1v) is 15.6.